The van der Waals surface area contributed by atoms with Crippen molar-refractivity contribution in [2.24, 2.45) is 0 Å². The first-order valence-electron chi connectivity index (χ1n) is 8.28. The number of nitrogens with one attached hydrogen (secondary N) is 2. The molecule has 9 heteroatoms. The molecule has 0 bridgehead atoms. The molecule has 0 spiro atoms. The van der Waals surface area contributed by atoms with Crippen molar-refractivity contribution in [3.05, 3.63) is 55.0 Å². The molecule has 0 fully saturated rings. The second kappa shape index (κ2) is 5.18. The standard InChI is InChI=1S/C18H10N8O/c1-2-12-16(19-7-1)24-17(22-12)13-5-3-11-9-26(25-15(11)21-13)14-6-4-10-8-20-27-18(10)23-14/h1-9H,(H,19,21,22,24,25)/p+1. The summed E-state index contributed by atoms with van der Waals surface area (Å²) in [6, 6.07) is 11.5. The predicted octanol–water partition coefficient (Wildman–Crippen LogP) is 2.31. The molecule has 0 aliphatic carbocycles. The Morgan fingerprint density at radius 3 is 2.89 bits per heavy atom. The van der Waals surface area contributed by atoms with Crippen LogP contribution >= 0.6 is 0 Å². The molecule has 6 rings (SSSR count). The number of rotatable bonds is 2. The lowest BCUT2D eigenvalue weighted by Crippen LogP contribution is -2.32. The van der Waals surface area contributed by atoms with Crippen LogP contribution in [0, 0.1) is 0 Å². The number of imidazole rings is 1. The zero-order valence-corrected chi connectivity index (χ0v) is 13.8. The summed E-state index contributed by atoms with van der Waals surface area (Å²) in [7, 11) is 0. The molecule has 0 aliphatic rings. The van der Waals surface area contributed by atoms with Crippen molar-refractivity contribution in [1.82, 2.24) is 35.2 Å². The number of H-pyrrole nitrogens is 2. The van der Waals surface area contributed by atoms with Crippen molar-refractivity contribution in [2.75, 3.05) is 0 Å². The second-order valence-electron chi connectivity index (χ2n) is 6.09. The molecule has 0 saturated heterocycles. The van der Waals surface area contributed by atoms with Crippen molar-refractivity contribution in [3.8, 4) is 17.3 Å². The topological polar surface area (TPSA) is 113 Å². The van der Waals surface area contributed by atoms with E-state index in [0.29, 0.717) is 23.0 Å². The van der Waals surface area contributed by atoms with E-state index in [1.807, 2.05) is 42.6 Å². The maximum Gasteiger partial charge on any atom is 0.365 e. The summed E-state index contributed by atoms with van der Waals surface area (Å²) in [6.45, 7) is 0. The average molecular weight is 355 g/mol. The Hall–Kier alpha value is -4.14. The summed E-state index contributed by atoms with van der Waals surface area (Å²) in [6.07, 6.45) is 5.28. The molecule has 2 N–H and O–H groups in total. The SMILES string of the molecule is c1cnc2nc(-c3ccc4c[n+](-c5ccc6cnoc6n5)[nH]c4n3)[nH]c2c1. The van der Waals surface area contributed by atoms with Crippen LogP contribution < -0.4 is 4.68 Å². The molecule has 6 aromatic heterocycles. The Morgan fingerprint density at radius 2 is 1.93 bits per heavy atom. The molecule has 0 aliphatic heterocycles. The Balaban J connectivity index is 1.46. The second-order valence-corrected chi connectivity index (χ2v) is 6.09. The zero-order chi connectivity index (χ0) is 17.8. The van der Waals surface area contributed by atoms with Crippen molar-refractivity contribution < 1.29 is 9.20 Å². The molecule has 0 aromatic carbocycles. The van der Waals surface area contributed by atoms with Gasteiger partial charge in [0.25, 0.3) is 0 Å². The molecule has 0 radical (unpaired) electrons. The van der Waals surface area contributed by atoms with Crippen LogP contribution in [0.25, 0.3) is 50.6 Å². The largest absolute Gasteiger partial charge is 0.365 e. The third kappa shape index (κ3) is 2.18. The first-order valence-corrected chi connectivity index (χ1v) is 8.28. The smallest absolute Gasteiger partial charge is 0.335 e. The summed E-state index contributed by atoms with van der Waals surface area (Å²) in [5.74, 6) is 1.36. The van der Waals surface area contributed by atoms with Crippen LogP contribution in [0.2, 0.25) is 0 Å². The Kier molecular flexibility index (Phi) is 2.70. The van der Waals surface area contributed by atoms with Crippen LogP contribution in [0.3, 0.4) is 0 Å². The molecule has 0 unspecified atom stereocenters. The van der Waals surface area contributed by atoms with E-state index in [2.05, 4.69) is 35.2 Å². The van der Waals surface area contributed by atoms with Gasteiger partial charge in [0, 0.05) is 17.2 Å². The summed E-state index contributed by atoms with van der Waals surface area (Å²) in [4.78, 5) is 21.1. The molecule has 6 heterocycles. The van der Waals surface area contributed by atoms with Crippen LogP contribution in [-0.4, -0.2) is 35.2 Å². The highest BCUT2D eigenvalue weighted by molar-refractivity contribution is 5.79. The average Bonchev–Trinajstić information content (AvgIpc) is 3.42. The lowest BCUT2D eigenvalue weighted by molar-refractivity contribution is -0.656. The Bertz CT molecular complexity index is 1410. The highest BCUT2D eigenvalue weighted by atomic mass is 16.5. The Morgan fingerprint density at radius 1 is 0.963 bits per heavy atom. The lowest BCUT2D eigenvalue weighted by atomic mass is 10.3. The fourth-order valence-corrected chi connectivity index (χ4v) is 3.05. The van der Waals surface area contributed by atoms with Gasteiger partial charge in [0.2, 0.25) is 0 Å². The zero-order valence-electron chi connectivity index (χ0n) is 13.8. The lowest BCUT2D eigenvalue weighted by Gasteiger charge is -1.94. The van der Waals surface area contributed by atoms with Crippen LogP contribution in [-0.2, 0) is 0 Å². The molecule has 6 aromatic rings. The molecular formula is C18H11N8O+. The van der Waals surface area contributed by atoms with Gasteiger partial charge in [0.1, 0.15) is 11.9 Å². The summed E-state index contributed by atoms with van der Waals surface area (Å²) in [5.41, 5.74) is 3.48. The van der Waals surface area contributed by atoms with Gasteiger partial charge in [-0.1, -0.05) is 5.16 Å². The van der Waals surface area contributed by atoms with E-state index in [1.54, 1.807) is 17.1 Å². The summed E-state index contributed by atoms with van der Waals surface area (Å²) < 4.78 is 6.93. The molecule has 128 valence electrons. The van der Waals surface area contributed by atoms with Crippen molar-refractivity contribution >= 4 is 33.3 Å². The minimum Gasteiger partial charge on any atom is -0.335 e. The van der Waals surface area contributed by atoms with Gasteiger partial charge >= 0.3 is 11.5 Å². The molecule has 27 heavy (non-hydrogen) atoms. The van der Waals surface area contributed by atoms with Crippen molar-refractivity contribution in [3.63, 3.8) is 0 Å². The number of fused-ring (bicyclic) bond motifs is 3. The molecule has 9 nitrogen and oxygen atoms in total. The van der Waals surface area contributed by atoms with E-state index in [9.17, 15) is 0 Å². The van der Waals surface area contributed by atoms with Crippen LogP contribution in [0.4, 0.5) is 0 Å². The fourth-order valence-electron chi connectivity index (χ4n) is 3.05. The van der Waals surface area contributed by atoms with E-state index in [-0.39, 0.29) is 0 Å². The van der Waals surface area contributed by atoms with Crippen LogP contribution in [0.15, 0.2) is 59.5 Å². The minimum absolute atomic E-state index is 0.488. The molecule has 0 atom stereocenters. The number of aromatic nitrogens is 8. The van der Waals surface area contributed by atoms with E-state index in [0.717, 1.165) is 27.6 Å². The predicted molar refractivity (Wildman–Crippen MR) is 95.9 cm³/mol. The van der Waals surface area contributed by atoms with Gasteiger partial charge in [0.05, 0.1) is 22.5 Å². The van der Waals surface area contributed by atoms with Gasteiger partial charge in [-0.25, -0.2) is 20.1 Å². The van der Waals surface area contributed by atoms with E-state index in [1.165, 1.54) is 0 Å². The molecular weight excluding hydrogens is 344 g/mol. The third-order valence-electron chi connectivity index (χ3n) is 4.37. The van der Waals surface area contributed by atoms with Gasteiger partial charge < -0.3 is 9.51 Å². The van der Waals surface area contributed by atoms with Crippen molar-refractivity contribution in [1.29, 1.82) is 0 Å². The van der Waals surface area contributed by atoms with Gasteiger partial charge in [-0.3, -0.25) is 0 Å². The maximum absolute atomic E-state index is 5.14. The first-order chi connectivity index (χ1) is 13.3. The van der Waals surface area contributed by atoms with E-state index >= 15 is 0 Å². The van der Waals surface area contributed by atoms with Crippen LogP contribution in [0.1, 0.15) is 0 Å². The number of hydrogen-bond acceptors (Lipinski definition) is 6. The van der Waals surface area contributed by atoms with Gasteiger partial charge in [-0.05, 0) is 30.3 Å². The molecule has 0 amide bonds. The van der Waals surface area contributed by atoms with Crippen LogP contribution in [0.5, 0.6) is 0 Å². The molecule has 0 saturated carbocycles. The number of pyridine rings is 3. The normalized spacial score (nSPS) is 11.7. The maximum atomic E-state index is 5.14. The quantitative estimate of drug-likeness (QED) is 0.461. The van der Waals surface area contributed by atoms with E-state index < -0.39 is 0 Å². The fraction of sp³-hybridized carbons (Fsp3) is 0. The number of nitrogens with zero attached hydrogens (tertiary/aromatic N) is 6. The van der Waals surface area contributed by atoms with Crippen molar-refractivity contribution in [2.45, 2.75) is 0 Å². The van der Waals surface area contributed by atoms with Gasteiger partial charge in [0.15, 0.2) is 17.1 Å². The van der Waals surface area contributed by atoms with Gasteiger partial charge in [-0.2, -0.15) is 0 Å². The minimum atomic E-state index is 0.488. The van der Waals surface area contributed by atoms with E-state index in [4.69, 9.17) is 4.52 Å². The Labute approximate surface area is 150 Å². The highest BCUT2D eigenvalue weighted by Gasteiger charge is 2.16. The third-order valence-corrected chi connectivity index (χ3v) is 4.37. The summed E-state index contributed by atoms with van der Waals surface area (Å²) >= 11 is 0. The monoisotopic (exact) mass is 355 g/mol. The first kappa shape index (κ1) is 14.1. The summed E-state index contributed by atoms with van der Waals surface area (Å²) in [5, 5.41) is 8.80. The number of aromatic amines is 2. The number of hydrogen-bond donors (Lipinski definition) is 2. The highest BCUT2D eigenvalue weighted by Crippen LogP contribution is 2.20. The van der Waals surface area contributed by atoms with Gasteiger partial charge in [-0.15, -0.1) is 4.68 Å².